The van der Waals surface area contributed by atoms with Gasteiger partial charge in [-0.3, -0.25) is 4.79 Å². The molecule has 0 saturated heterocycles. The van der Waals surface area contributed by atoms with E-state index in [1.54, 1.807) is 18.2 Å². The third-order valence-corrected chi connectivity index (χ3v) is 4.02. The maximum absolute atomic E-state index is 12.0. The summed E-state index contributed by atoms with van der Waals surface area (Å²) in [5.41, 5.74) is 1.48. The number of rotatable bonds is 6. The lowest BCUT2D eigenvalue weighted by Crippen LogP contribution is -2.35. The van der Waals surface area contributed by atoms with Gasteiger partial charge in [-0.2, -0.15) is 0 Å². The van der Waals surface area contributed by atoms with Gasteiger partial charge in [0.2, 0.25) is 0 Å². The van der Waals surface area contributed by atoms with Crippen molar-refractivity contribution >= 4 is 41.2 Å². The maximum atomic E-state index is 12.0. The fraction of sp³-hybridized carbons (Fsp3) is 0.158. The van der Waals surface area contributed by atoms with Crippen molar-refractivity contribution in [2.45, 2.75) is 19.6 Å². The summed E-state index contributed by atoms with van der Waals surface area (Å²) in [5, 5.41) is 3.56. The zero-order chi connectivity index (χ0) is 18.2. The Labute approximate surface area is 156 Å². The minimum absolute atomic E-state index is 0.368. The van der Waals surface area contributed by atoms with E-state index in [1.165, 1.54) is 19.1 Å². The summed E-state index contributed by atoms with van der Waals surface area (Å²) < 4.78 is 5.08. The summed E-state index contributed by atoms with van der Waals surface area (Å²) >= 11 is 12.0. The number of carbonyl (C=O) groups excluding carboxylic acids is 2. The summed E-state index contributed by atoms with van der Waals surface area (Å²) in [7, 11) is 0. The third kappa shape index (κ3) is 5.93. The number of halogens is 2. The number of amides is 1. The monoisotopic (exact) mass is 377 g/mol. The van der Waals surface area contributed by atoms with E-state index < -0.39 is 12.1 Å². The van der Waals surface area contributed by atoms with Gasteiger partial charge >= 0.3 is 5.97 Å². The van der Waals surface area contributed by atoms with Crippen LogP contribution in [0.25, 0.3) is 6.08 Å². The number of hydrogen-bond acceptors (Lipinski definition) is 3. The lowest BCUT2D eigenvalue weighted by atomic mass is 10.2. The molecule has 1 atom stereocenters. The van der Waals surface area contributed by atoms with E-state index in [0.717, 1.165) is 5.56 Å². The van der Waals surface area contributed by atoms with Gasteiger partial charge in [0.15, 0.2) is 6.10 Å². The van der Waals surface area contributed by atoms with Gasteiger partial charge in [-0.05, 0) is 30.7 Å². The van der Waals surface area contributed by atoms with Gasteiger partial charge in [-0.1, -0.05) is 59.6 Å². The molecule has 0 aliphatic carbocycles. The van der Waals surface area contributed by atoms with Gasteiger partial charge in [0.25, 0.3) is 5.91 Å². The smallest absolute Gasteiger partial charge is 0.331 e. The van der Waals surface area contributed by atoms with Crippen LogP contribution in [0.1, 0.15) is 18.1 Å². The summed E-state index contributed by atoms with van der Waals surface area (Å²) in [6.45, 7) is 1.88. The molecule has 2 aromatic rings. The molecular weight excluding hydrogens is 361 g/mol. The number of carbonyl (C=O) groups is 2. The van der Waals surface area contributed by atoms with Gasteiger partial charge in [-0.15, -0.1) is 0 Å². The first kappa shape index (κ1) is 19.0. The second kappa shape index (κ2) is 9.25. The van der Waals surface area contributed by atoms with Gasteiger partial charge in [0.05, 0.1) is 0 Å². The highest BCUT2D eigenvalue weighted by molar-refractivity contribution is 6.37. The largest absolute Gasteiger partial charge is 0.449 e. The number of hydrogen-bond donors (Lipinski definition) is 1. The van der Waals surface area contributed by atoms with E-state index in [4.69, 9.17) is 27.9 Å². The van der Waals surface area contributed by atoms with Gasteiger partial charge < -0.3 is 10.1 Å². The molecule has 0 heterocycles. The van der Waals surface area contributed by atoms with E-state index in [9.17, 15) is 9.59 Å². The van der Waals surface area contributed by atoms with Crippen molar-refractivity contribution in [1.29, 1.82) is 0 Å². The van der Waals surface area contributed by atoms with Crippen LogP contribution in [0, 0.1) is 0 Å². The van der Waals surface area contributed by atoms with E-state index in [2.05, 4.69) is 5.32 Å². The minimum atomic E-state index is -0.914. The van der Waals surface area contributed by atoms with Crippen molar-refractivity contribution in [3.8, 4) is 0 Å². The summed E-state index contributed by atoms with van der Waals surface area (Å²) in [6, 6.07) is 14.5. The third-order valence-electron chi connectivity index (χ3n) is 3.36. The molecule has 6 heteroatoms. The first-order valence-corrected chi connectivity index (χ1v) is 8.37. The molecule has 0 aromatic heterocycles. The normalized spacial score (nSPS) is 12.0. The summed E-state index contributed by atoms with van der Waals surface area (Å²) in [5.74, 6) is -1.03. The Balaban J connectivity index is 1.87. The Bertz CT molecular complexity index is 755. The summed E-state index contributed by atoms with van der Waals surface area (Å²) in [6.07, 6.45) is 1.73. The molecule has 4 nitrogen and oxygen atoms in total. The van der Waals surface area contributed by atoms with Crippen molar-refractivity contribution < 1.29 is 14.3 Å². The fourth-order valence-corrected chi connectivity index (χ4v) is 2.54. The van der Waals surface area contributed by atoms with E-state index in [0.29, 0.717) is 22.2 Å². The highest BCUT2D eigenvalue weighted by Crippen LogP contribution is 2.25. The molecule has 0 unspecified atom stereocenters. The second-order valence-electron chi connectivity index (χ2n) is 5.25. The van der Waals surface area contributed by atoms with Crippen molar-refractivity contribution in [3.63, 3.8) is 0 Å². The molecule has 1 amide bonds. The van der Waals surface area contributed by atoms with Crippen LogP contribution in [0.2, 0.25) is 10.0 Å². The van der Waals surface area contributed by atoms with Crippen LogP contribution in [0.4, 0.5) is 0 Å². The quantitative estimate of drug-likeness (QED) is 0.604. The molecule has 0 aliphatic rings. The predicted octanol–water partition coefficient (Wildman–Crippen LogP) is 4.25. The SMILES string of the molecule is C[C@H](OC(=O)/C=C/c1c(Cl)cccc1Cl)C(=O)NCc1ccccc1. The standard InChI is InChI=1S/C19H17Cl2NO3/c1-13(19(24)22-12-14-6-3-2-4-7-14)25-18(23)11-10-15-16(20)8-5-9-17(15)21/h2-11,13H,12H2,1H3,(H,22,24)/b11-10+/t13-/m0/s1. The average Bonchev–Trinajstić information content (AvgIpc) is 2.60. The lowest BCUT2D eigenvalue weighted by molar-refractivity contribution is -0.150. The molecule has 0 radical (unpaired) electrons. The molecule has 25 heavy (non-hydrogen) atoms. The lowest BCUT2D eigenvalue weighted by Gasteiger charge is -2.12. The Morgan fingerprint density at radius 3 is 2.36 bits per heavy atom. The van der Waals surface area contributed by atoms with Crippen LogP contribution >= 0.6 is 23.2 Å². The first-order valence-electron chi connectivity index (χ1n) is 7.61. The Kier molecular flexibility index (Phi) is 7.04. The van der Waals surface area contributed by atoms with Crippen molar-refractivity contribution in [2.24, 2.45) is 0 Å². The molecule has 130 valence electrons. The molecule has 0 aliphatic heterocycles. The van der Waals surface area contributed by atoms with Gasteiger partial charge in [0, 0.05) is 28.2 Å². The fourth-order valence-electron chi connectivity index (χ4n) is 2.02. The number of esters is 1. The highest BCUT2D eigenvalue weighted by Gasteiger charge is 2.16. The van der Waals surface area contributed by atoms with E-state index in [1.807, 2.05) is 30.3 Å². The topological polar surface area (TPSA) is 55.4 Å². The zero-order valence-corrected chi connectivity index (χ0v) is 15.1. The number of benzene rings is 2. The maximum Gasteiger partial charge on any atom is 0.331 e. The van der Waals surface area contributed by atoms with Crippen molar-refractivity contribution in [1.82, 2.24) is 5.32 Å². The van der Waals surface area contributed by atoms with Gasteiger partial charge in [0.1, 0.15) is 0 Å². The Morgan fingerprint density at radius 2 is 1.72 bits per heavy atom. The molecule has 0 bridgehead atoms. The Morgan fingerprint density at radius 1 is 1.08 bits per heavy atom. The van der Waals surface area contributed by atoms with Crippen LogP contribution in [0.5, 0.6) is 0 Å². The van der Waals surface area contributed by atoms with E-state index in [-0.39, 0.29) is 5.91 Å². The first-order chi connectivity index (χ1) is 12.0. The number of ether oxygens (including phenoxy) is 1. The Hall–Kier alpha value is -2.30. The highest BCUT2D eigenvalue weighted by atomic mass is 35.5. The second-order valence-corrected chi connectivity index (χ2v) is 6.07. The zero-order valence-electron chi connectivity index (χ0n) is 13.5. The average molecular weight is 378 g/mol. The van der Waals surface area contributed by atoms with Crippen molar-refractivity contribution in [2.75, 3.05) is 0 Å². The molecule has 0 fully saturated rings. The van der Waals surface area contributed by atoms with Crippen LogP contribution in [-0.4, -0.2) is 18.0 Å². The molecule has 0 saturated carbocycles. The van der Waals surface area contributed by atoms with Crippen LogP contribution < -0.4 is 5.32 Å². The van der Waals surface area contributed by atoms with Crippen LogP contribution in [0.3, 0.4) is 0 Å². The predicted molar refractivity (Wildman–Crippen MR) is 99.3 cm³/mol. The molecular formula is C19H17Cl2NO3. The molecule has 1 N–H and O–H groups in total. The molecule has 2 aromatic carbocycles. The van der Waals surface area contributed by atoms with Crippen LogP contribution in [-0.2, 0) is 20.9 Å². The minimum Gasteiger partial charge on any atom is -0.449 e. The molecule has 2 rings (SSSR count). The number of nitrogens with one attached hydrogen (secondary N) is 1. The van der Waals surface area contributed by atoms with E-state index >= 15 is 0 Å². The van der Waals surface area contributed by atoms with Gasteiger partial charge in [-0.25, -0.2) is 4.79 Å². The van der Waals surface area contributed by atoms with Crippen molar-refractivity contribution in [3.05, 3.63) is 75.8 Å². The van der Waals surface area contributed by atoms with Crippen LogP contribution in [0.15, 0.2) is 54.6 Å². The summed E-state index contributed by atoms with van der Waals surface area (Å²) in [4.78, 5) is 23.8. The molecule has 0 spiro atoms.